The van der Waals surface area contributed by atoms with Gasteiger partial charge in [-0.1, -0.05) is 8.01 Å². The van der Waals surface area contributed by atoms with E-state index in [0.29, 0.717) is 0 Å². The Morgan fingerprint density at radius 3 is 1.00 bits per heavy atom. The van der Waals surface area contributed by atoms with Crippen LogP contribution in [-0.4, -0.2) is 57.9 Å². The molecule has 5 nitrogen and oxygen atoms in total. The van der Waals surface area contributed by atoms with Crippen molar-refractivity contribution in [3.63, 3.8) is 0 Å². The molecule has 0 bridgehead atoms. The highest BCUT2D eigenvalue weighted by atomic mass is 32.3. The van der Waals surface area contributed by atoms with E-state index in [1.165, 1.54) is 0 Å². The van der Waals surface area contributed by atoms with Crippen molar-refractivity contribution in [1.29, 1.82) is 0 Å². The van der Waals surface area contributed by atoms with E-state index >= 15 is 0 Å². The third-order valence-corrected chi connectivity index (χ3v) is 5.45. The molecule has 23 heteroatoms. The highest BCUT2D eigenvalue weighted by Gasteiger charge is 2.94. The van der Waals surface area contributed by atoms with Gasteiger partial charge in [0.25, 0.3) is 10.0 Å². The Bertz CT molecular complexity index is 872. The van der Waals surface area contributed by atoms with Crippen molar-refractivity contribution in [1.82, 2.24) is 4.13 Å². The maximum atomic E-state index is 13.2. The predicted octanol–water partition coefficient (Wildman–Crippen LogP) is 3.45. The summed E-state index contributed by atoms with van der Waals surface area (Å²) in [5, 5.41) is -8.02. The SMILES string of the molecule is O=S(=O)(F)NS(=O)(=O)C(F)(F)C(F)(F)C(F)(F)C(F)(F)C(F)(F)C(F)(F)C(F)(F)F. The summed E-state index contributed by atoms with van der Waals surface area (Å²) in [6.07, 6.45) is -7.86. The van der Waals surface area contributed by atoms with Gasteiger partial charge in [-0.15, -0.1) is 0 Å². The van der Waals surface area contributed by atoms with Gasteiger partial charge in [0.15, 0.2) is 0 Å². The molecular formula is C7HF16NO4S2. The highest BCUT2D eigenvalue weighted by molar-refractivity contribution is 8.03. The molecule has 30 heavy (non-hydrogen) atoms. The van der Waals surface area contributed by atoms with Crippen LogP contribution in [0.1, 0.15) is 0 Å². The fourth-order valence-electron chi connectivity index (χ4n) is 1.30. The summed E-state index contributed by atoms with van der Waals surface area (Å²) in [4.78, 5) is 0. The van der Waals surface area contributed by atoms with Crippen molar-refractivity contribution in [2.24, 2.45) is 0 Å². The van der Waals surface area contributed by atoms with E-state index in [9.17, 15) is 86.6 Å². The second kappa shape index (κ2) is 6.87. The van der Waals surface area contributed by atoms with Crippen molar-refractivity contribution < 1.29 is 86.6 Å². The van der Waals surface area contributed by atoms with Gasteiger partial charge in [0.2, 0.25) is 0 Å². The number of hydrogen-bond acceptors (Lipinski definition) is 4. The van der Waals surface area contributed by atoms with E-state index in [-0.39, 0.29) is 0 Å². The first-order valence-electron chi connectivity index (χ1n) is 5.77. The van der Waals surface area contributed by atoms with Crippen LogP contribution in [0.5, 0.6) is 0 Å². The Hall–Kier alpha value is -1.26. The lowest BCUT2D eigenvalue weighted by Crippen LogP contribution is -2.73. The normalized spacial score (nSPS) is 16.7. The first-order chi connectivity index (χ1) is 12.5. The molecule has 1 N–H and O–H groups in total. The molecule has 0 radical (unpaired) electrons. The van der Waals surface area contributed by atoms with Crippen molar-refractivity contribution in [2.45, 2.75) is 41.0 Å². The van der Waals surface area contributed by atoms with Crippen molar-refractivity contribution in [3.8, 4) is 0 Å². The summed E-state index contributed by atoms with van der Waals surface area (Å²) in [7, 11) is -15.2. The molecule has 0 heterocycles. The molecule has 182 valence electrons. The first kappa shape index (κ1) is 28.7. The summed E-state index contributed by atoms with van der Waals surface area (Å²) in [5.74, 6) is -43.0. The van der Waals surface area contributed by atoms with Crippen LogP contribution in [-0.2, 0) is 20.4 Å². The largest absolute Gasteiger partial charge is 0.460 e. The van der Waals surface area contributed by atoms with Crippen LogP contribution in [0.3, 0.4) is 0 Å². The summed E-state index contributed by atoms with van der Waals surface area (Å²) in [6.45, 7) is 0. The van der Waals surface area contributed by atoms with Crippen molar-refractivity contribution in [2.75, 3.05) is 0 Å². The third-order valence-electron chi connectivity index (χ3n) is 2.85. The van der Waals surface area contributed by atoms with Crippen LogP contribution in [0, 0.1) is 0 Å². The van der Waals surface area contributed by atoms with Crippen LogP contribution >= 0.6 is 0 Å². The number of nitrogens with one attached hydrogen (secondary N) is 1. The van der Waals surface area contributed by atoms with Gasteiger partial charge in [-0.05, 0) is 0 Å². The van der Waals surface area contributed by atoms with Gasteiger partial charge in [0.05, 0.1) is 0 Å². The monoisotopic (exact) mass is 531 g/mol. The maximum absolute atomic E-state index is 13.2. The zero-order chi connectivity index (χ0) is 25.2. The molecule has 0 saturated carbocycles. The number of sulfonamides is 1. The fourth-order valence-corrected chi connectivity index (χ4v) is 3.24. The molecule has 0 atom stereocenters. The van der Waals surface area contributed by atoms with E-state index in [0.717, 1.165) is 0 Å². The van der Waals surface area contributed by atoms with E-state index in [4.69, 9.17) is 0 Å². The van der Waals surface area contributed by atoms with Crippen molar-refractivity contribution >= 4 is 20.4 Å². The fraction of sp³-hybridized carbons (Fsp3) is 1.00. The van der Waals surface area contributed by atoms with Crippen LogP contribution in [0.4, 0.5) is 69.7 Å². The second-order valence-electron chi connectivity index (χ2n) is 4.91. The lowest BCUT2D eigenvalue weighted by molar-refractivity contribution is -0.447. The van der Waals surface area contributed by atoms with Gasteiger partial charge in [-0.25, -0.2) is 8.42 Å². The Morgan fingerprint density at radius 1 is 0.467 bits per heavy atom. The average Bonchev–Trinajstić information content (AvgIpc) is 2.41. The number of halogens is 16. The molecule has 0 aliphatic rings. The molecule has 0 fully saturated rings. The number of alkyl halides is 15. The number of hydrogen-bond donors (Lipinski definition) is 1. The standard InChI is InChI=1S/C7HF16NO4S2/c8-1(9,2(10,11)4(14,15)6(18,19)20)3(12,13)5(16,17)7(21,22)29(25,26)24-30(23,27)28/h24H. The lowest BCUT2D eigenvalue weighted by atomic mass is 9.94. The molecule has 0 aliphatic heterocycles. The highest BCUT2D eigenvalue weighted by Crippen LogP contribution is 2.62. The third kappa shape index (κ3) is 3.86. The van der Waals surface area contributed by atoms with Gasteiger partial charge in [0.1, 0.15) is 0 Å². The zero-order valence-electron chi connectivity index (χ0n) is 12.5. The molecule has 0 rings (SSSR count). The Labute approximate surface area is 153 Å². The smallest absolute Gasteiger partial charge is 0.205 e. The molecule has 0 amide bonds. The minimum Gasteiger partial charge on any atom is -0.205 e. The van der Waals surface area contributed by atoms with E-state index in [1.807, 2.05) is 0 Å². The van der Waals surface area contributed by atoms with Gasteiger partial charge in [-0.2, -0.15) is 74.3 Å². The Balaban J connectivity index is 6.85. The van der Waals surface area contributed by atoms with E-state index in [1.54, 1.807) is 0 Å². The van der Waals surface area contributed by atoms with Gasteiger partial charge >= 0.3 is 51.5 Å². The maximum Gasteiger partial charge on any atom is 0.460 e. The molecule has 0 unspecified atom stereocenters. The van der Waals surface area contributed by atoms with Crippen LogP contribution in [0.25, 0.3) is 0 Å². The van der Waals surface area contributed by atoms with Crippen LogP contribution in [0.15, 0.2) is 0 Å². The summed E-state index contributed by atoms with van der Waals surface area (Å²) >= 11 is 0. The van der Waals surface area contributed by atoms with Gasteiger partial charge in [0, 0.05) is 0 Å². The second-order valence-corrected chi connectivity index (χ2v) is 7.97. The van der Waals surface area contributed by atoms with Crippen molar-refractivity contribution in [3.05, 3.63) is 0 Å². The Morgan fingerprint density at radius 2 is 0.733 bits per heavy atom. The number of rotatable bonds is 8. The molecule has 0 aliphatic carbocycles. The molecular weight excluding hydrogens is 530 g/mol. The molecule has 0 saturated heterocycles. The van der Waals surface area contributed by atoms with E-state index < -0.39 is 65.6 Å². The topological polar surface area (TPSA) is 80.3 Å². The summed E-state index contributed by atoms with van der Waals surface area (Å²) in [5.41, 5.74) is 0. The predicted molar refractivity (Wildman–Crippen MR) is 57.8 cm³/mol. The Kier molecular flexibility index (Phi) is 6.58. The lowest BCUT2D eigenvalue weighted by Gasteiger charge is -2.41. The van der Waals surface area contributed by atoms with Gasteiger partial charge < -0.3 is 0 Å². The minimum atomic E-state index is -8.78. The summed E-state index contributed by atoms with van der Waals surface area (Å²) in [6, 6.07) is 0. The quantitative estimate of drug-likeness (QED) is 0.385. The molecule has 0 aromatic rings. The molecule has 0 spiro atoms. The van der Waals surface area contributed by atoms with Gasteiger partial charge in [-0.3, -0.25) is 0 Å². The average molecular weight is 531 g/mol. The minimum absolute atomic E-state index is 1.09. The van der Waals surface area contributed by atoms with E-state index in [2.05, 4.69) is 0 Å². The van der Waals surface area contributed by atoms with Crippen LogP contribution in [0.2, 0.25) is 0 Å². The summed E-state index contributed by atoms with van der Waals surface area (Å²) < 4.78 is 243. The van der Waals surface area contributed by atoms with Crippen LogP contribution < -0.4 is 4.13 Å². The molecule has 0 aromatic carbocycles. The first-order valence-corrected chi connectivity index (χ1v) is 8.63. The zero-order valence-corrected chi connectivity index (χ0v) is 14.1. The molecule has 0 aromatic heterocycles.